The first-order valence-corrected chi connectivity index (χ1v) is 5.84. The molecule has 4 nitrogen and oxygen atoms in total. The van der Waals surface area contributed by atoms with E-state index in [-0.39, 0.29) is 5.84 Å². The van der Waals surface area contributed by atoms with Crippen LogP contribution in [0.1, 0.15) is 5.56 Å². The number of benzene rings is 1. The lowest BCUT2D eigenvalue weighted by molar-refractivity contribution is 1.28. The van der Waals surface area contributed by atoms with Gasteiger partial charge in [-0.2, -0.15) is 0 Å². The maximum Gasteiger partial charge on any atom is 0.149 e. The number of nitrogens with two attached hydrogens (primary N) is 1. The summed E-state index contributed by atoms with van der Waals surface area (Å²) in [5.41, 5.74) is 6.66. The Kier molecular flexibility index (Phi) is 3.69. The van der Waals surface area contributed by atoms with Gasteiger partial charge in [0.05, 0.1) is 5.02 Å². The minimum absolute atomic E-state index is 0.0672. The van der Waals surface area contributed by atoms with Crippen molar-refractivity contribution in [3.63, 3.8) is 0 Å². The number of hydrogen-bond acceptors (Lipinski definition) is 3. The molecule has 6 heteroatoms. The van der Waals surface area contributed by atoms with Gasteiger partial charge in [-0.25, -0.2) is 4.98 Å². The van der Waals surface area contributed by atoms with Crippen molar-refractivity contribution in [1.29, 1.82) is 5.41 Å². The fourth-order valence-electron chi connectivity index (χ4n) is 1.35. The number of aromatic nitrogens is 1. The predicted molar refractivity (Wildman–Crippen MR) is 75.0 cm³/mol. The van der Waals surface area contributed by atoms with Gasteiger partial charge >= 0.3 is 0 Å². The molecule has 0 spiro atoms. The standard InChI is InChI=1S/C12H10Cl2N4/c13-8-1-3-9(4-2-8)18-12-10(14)5-7(6-17-12)11(15)16/h1-6H,(H3,15,16)(H,17,18). The molecule has 1 heterocycles. The normalized spacial score (nSPS) is 10.1. The Labute approximate surface area is 114 Å². The van der Waals surface area contributed by atoms with Crippen LogP contribution in [0.2, 0.25) is 10.0 Å². The van der Waals surface area contributed by atoms with Gasteiger partial charge in [0.1, 0.15) is 11.7 Å². The molecule has 0 saturated heterocycles. The van der Waals surface area contributed by atoms with Gasteiger partial charge in [-0.3, -0.25) is 5.41 Å². The van der Waals surface area contributed by atoms with Crippen LogP contribution in [-0.2, 0) is 0 Å². The van der Waals surface area contributed by atoms with Crippen LogP contribution in [-0.4, -0.2) is 10.8 Å². The first kappa shape index (κ1) is 12.7. The number of amidine groups is 1. The quantitative estimate of drug-likeness (QED) is 0.596. The van der Waals surface area contributed by atoms with Gasteiger partial charge < -0.3 is 11.1 Å². The lowest BCUT2D eigenvalue weighted by Gasteiger charge is -2.08. The number of hydrogen-bond donors (Lipinski definition) is 3. The zero-order valence-electron chi connectivity index (χ0n) is 9.24. The van der Waals surface area contributed by atoms with E-state index in [9.17, 15) is 0 Å². The molecule has 0 amide bonds. The molecule has 0 unspecified atom stereocenters. The molecule has 92 valence electrons. The minimum atomic E-state index is -0.0672. The molecule has 2 rings (SSSR count). The second-order valence-corrected chi connectivity index (χ2v) is 4.44. The Morgan fingerprint density at radius 2 is 1.89 bits per heavy atom. The summed E-state index contributed by atoms with van der Waals surface area (Å²) in [6.45, 7) is 0. The summed E-state index contributed by atoms with van der Waals surface area (Å²) in [7, 11) is 0. The van der Waals surface area contributed by atoms with Crippen molar-refractivity contribution in [2.75, 3.05) is 5.32 Å². The van der Waals surface area contributed by atoms with E-state index >= 15 is 0 Å². The molecule has 4 N–H and O–H groups in total. The summed E-state index contributed by atoms with van der Waals surface area (Å²) >= 11 is 11.8. The number of rotatable bonds is 3. The lowest BCUT2D eigenvalue weighted by Crippen LogP contribution is -2.11. The number of anilines is 2. The zero-order chi connectivity index (χ0) is 13.1. The minimum Gasteiger partial charge on any atom is -0.384 e. The molecule has 0 fully saturated rings. The van der Waals surface area contributed by atoms with Crippen molar-refractivity contribution in [3.05, 3.63) is 52.1 Å². The SMILES string of the molecule is N=C(N)c1cnc(Nc2ccc(Cl)cc2)c(Cl)c1. The highest BCUT2D eigenvalue weighted by molar-refractivity contribution is 6.33. The van der Waals surface area contributed by atoms with E-state index in [0.717, 1.165) is 5.69 Å². The summed E-state index contributed by atoms with van der Waals surface area (Å²) in [4.78, 5) is 4.12. The van der Waals surface area contributed by atoms with Gasteiger partial charge in [0.2, 0.25) is 0 Å². The van der Waals surface area contributed by atoms with Crippen molar-refractivity contribution in [1.82, 2.24) is 4.98 Å². The molecule has 0 radical (unpaired) electrons. The monoisotopic (exact) mass is 280 g/mol. The van der Waals surface area contributed by atoms with Crippen LogP contribution in [0.15, 0.2) is 36.5 Å². The van der Waals surface area contributed by atoms with E-state index in [1.807, 2.05) is 12.1 Å². The smallest absolute Gasteiger partial charge is 0.149 e. The van der Waals surface area contributed by atoms with E-state index in [1.165, 1.54) is 6.20 Å². The van der Waals surface area contributed by atoms with E-state index in [1.54, 1.807) is 18.2 Å². The Morgan fingerprint density at radius 1 is 1.22 bits per heavy atom. The van der Waals surface area contributed by atoms with Gasteiger partial charge in [0.15, 0.2) is 0 Å². The van der Waals surface area contributed by atoms with E-state index in [2.05, 4.69) is 10.3 Å². The highest BCUT2D eigenvalue weighted by Gasteiger charge is 2.05. The van der Waals surface area contributed by atoms with E-state index in [0.29, 0.717) is 21.4 Å². The molecule has 18 heavy (non-hydrogen) atoms. The van der Waals surface area contributed by atoms with Crippen molar-refractivity contribution in [3.8, 4) is 0 Å². The Hall–Kier alpha value is -1.78. The Bertz CT molecular complexity index is 581. The summed E-state index contributed by atoms with van der Waals surface area (Å²) in [5.74, 6) is 0.437. The highest BCUT2D eigenvalue weighted by atomic mass is 35.5. The highest BCUT2D eigenvalue weighted by Crippen LogP contribution is 2.24. The number of pyridine rings is 1. The number of nitrogen functional groups attached to an aromatic ring is 1. The molecule has 0 saturated carbocycles. The molecule has 1 aromatic heterocycles. The molecule has 0 atom stereocenters. The molecule has 0 aliphatic rings. The van der Waals surface area contributed by atoms with Crippen molar-refractivity contribution in [2.45, 2.75) is 0 Å². The fourth-order valence-corrected chi connectivity index (χ4v) is 1.69. The molecule has 2 aromatic rings. The first-order chi connectivity index (χ1) is 8.56. The summed E-state index contributed by atoms with van der Waals surface area (Å²) in [6.07, 6.45) is 1.49. The lowest BCUT2D eigenvalue weighted by atomic mass is 10.2. The third kappa shape index (κ3) is 2.91. The predicted octanol–water partition coefficient (Wildman–Crippen LogP) is 3.42. The van der Waals surface area contributed by atoms with Crippen molar-refractivity contribution < 1.29 is 0 Å². The maximum absolute atomic E-state index is 7.29. The van der Waals surface area contributed by atoms with Crippen LogP contribution in [0.5, 0.6) is 0 Å². The second kappa shape index (κ2) is 5.25. The molecular weight excluding hydrogens is 271 g/mol. The topological polar surface area (TPSA) is 74.8 Å². The Morgan fingerprint density at radius 3 is 2.44 bits per heavy atom. The average Bonchev–Trinajstić information content (AvgIpc) is 2.34. The Balaban J connectivity index is 2.24. The van der Waals surface area contributed by atoms with Gasteiger partial charge in [0.25, 0.3) is 0 Å². The first-order valence-electron chi connectivity index (χ1n) is 5.09. The number of halogens is 2. The largest absolute Gasteiger partial charge is 0.384 e. The van der Waals surface area contributed by atoms with Gasteiger partial charge in [-0.1, -0.05) is 23.2 Å². The second-order valence-electron chi connectivity index (χ2n) is 3.60. The molecule has 1 aromatic carbocycles. The summed E-state index contributed by atoms with van der Waals surface area (Å²) < 4.78 is 0. The molecular formula is C12H10Cl2N4. The zero-order valence-corrected chi connectivity index (χ0v) is 10.8. The molecule has 0 aliphatic carbocycles. The third-order valence-electron chi connectivity index (χ3n) is 2.26. The van der Waals surface area contributed by atoms with Crippen LogP contribution >= 0.6 is 23.2 Å². The van der Waals surface area contributed by atoms with Crippen LogP contribution in [0, 0.1) is 5.41 Å². The number of nitrogens with zero attached hydrogens (tertiary/aromatic N) is 1. The van der Waals surface area contributed by atoms with Crippen LogP contribution in [0.25, 0.3) is 0 Å². The van der Waals surface area contributed by atoms with Crippen molar-refractivity contribution in [2.24, 2.45) is 5.73 Å². The third-order valence-corrected chi connectivity index (χ3v) is 2.80. The molecule has 0 bridgehead atoms. The maximum atomic E-state index is 7.29. The van der Waals surface area contributed by atoms with Gasteiger partial charge in [-0.05, 0) is 30.3 Å². The summed E-state index contributed by atoms with van der Waals surface area (Å²) in [6, 6.07) is 8.76. The van der Waals surface area contributed by atoms with Crippen molar-refractivity contribution >= 4 is 40.5 Å². The van der Waals surface area contributed by atoms with Crippen LogP contribution in [0.4, 0.5) is 11.5 Å². The molecule has 0 aliphatic heterocycles. The van der Waals surface area contributed by atoms with Gasteiger partial charge in [-0.15, -0.1) is 0 Å². The van der Waals surface area contributed by atoms with Crippen LogP contribution in [0.3, 0.4) is 0 Å². The van der Waals surface area contributed by atoms with E-state index in [4.69, 9.17) is 34.3 Å². The van der Waals surface area contributed by atoms with E-state index < -0.39 is 0 Å². The van der Waals surface area contributed by atoms with Gasteiger partial charge in [0, 0.05) is 22.5 Å². The van der Waals surface area contributed by atoms with Crippen LogP contribution < -0.4 is 11.1 Å². The fraction of sp³-hybridized carbons (Fsp3) is 0. The number of nitrogens with one attached hydrogen (secondary N) is 2. The average molecular weight is 281 g/mol. The summed E-state index contributed by atoms with van der Waals surface area (Å²) in [5, 5.41) is 11.4.